The molecule has 2 atom stereocenters. The summed E-state index contributed by atoms with van der Waals surface area (Å²) in [4.78, 5) is 23.6. The molecule has 0 spiro atoms. The van der Waals surface area contributed by atoms with Crippen LogP contribution in [0.4, 0.5) is 0 Å². The monoisotopic (exact) mass is 342 g/mol. The number of aliphatic hydroxyl groups excluding tert-OH is 1. The minimum absolute atomic E-state index is 0.0335. The predicted octanol–water partition coefficient (Wildman–Crippen LogP) is -1.84. The summed E-state index contributed by atoms with van der Waals surface area (Å²) in [5.41, 5.74) is 2.60. The molecule has 11 heteroatoms. The van der Waals surface area contributed by atoms with Gasteiger partial charge in [-0.1, -0.05) is 0 Å². The van der Waals surface area contributed by atoms with Crippen molar-refractivity contribution in [2.45, 2.75) is 12.1 Å². The molecule has 0 amide bonds. The van der Waals surface area contributed by atoms with Gasteiger partial charge in [0, 0.05) is 12.4 Å². The molecule has 3 N–H and O–H groups in total. The quantitative estimate of drug-likeness (QED) is 0.552. The number of fused-ring (bicyclic) bond motifs is 1. The van der Waals surface area contributed by atoms with E-state index in [1.54, 1.807) is 0 Å². The zero-order valence-electron chi connectivity index (χ0n) is 12.0. The Bertz CT molecular complexity index is 885. The first-order valence-electron chi connectivity index (χ1n) is 6.64. The van der Waals surface area contributed by atoms with Crippen molar-refractivity contribution in [3.05, 3.63) is 28.3 Å². The van der Waals surface area contributed by atoms with E-state index in [9.17, 15) is 23.1 Å². The Morgan fingerprint density at radius 1 is 1.48 bits per heavy atom. The molecule has 0 aromatic carbocycles. The molecule has 23 heavy (non-hydrogen) atoms. The van der Waals surface area contributed by atoms with Gasteiger partial charge in [-0.05, 0) is 0 Å². The Morgan fingerprint density at radius 3 is 2.83 bits per heavy atom. The van der Waals surface area contributed by atoms with Crippen LogP contribution in [-0.4, -0.2) is 65.1 Å². The second kappa shape index (κ2) is 5.35. The van der Waals surface area contributed by atoms with Gasteiger partial charge in [-0.25, -0.2) is 18.3 Å². The molecule has 1 fully saturated rings. The Kier molecular flexibility index (Phi) is 3.60. The fourth-order valence-corrected chi connectivity index (χ4v) is 4.25. The van der Waals surface area contributed by atoms with Gasteiger partial charge < -0.3 is 15.3 Å². The topological polar surface area (TPSA) is 143 Å². The molecule has 0 aromatic heterocycles. The lowest BCUT2D eigenvalue weighted by molar-refractivity contribution is 0.0600. The number of methoxy groups -OCH3 is 1. The lowest BCUT2D eigenvalue weighted by Crippen LogP contribution is -2.37. The summed E-state index contributed by atoms with van der Waals surface area (Å²) >= 11 is 0. The molecule has 0 aliphatic carbocycles. The van der Waals surface area contributed by atoms with Gasteiger partial charge in [-0.15, -0.1) is 0 Å². The molecule has 3 aliphatic rings. The van der Waals surface area contributed by atoms with E-state index >= 15 is 0 Å². The maximum atomic E-state index is 11.8. The third-order valence-electron chi connectivity index (χ3n) is 3.60. The van der Waals surface area contributed by atoms with E-state index < -0.39 is 33.5 Å². The fourth-order valence-electron chi connectivity index (χ4n) is 2.51. The van der Waals surface area contributed by atoms with Gasteiger partial charge in [0.25, 0.3) is 5.56 Å². The number of carbonyl (C=O) groups excluding carboxylic acids is 1. The number of nitrogens with zero attached hydrogens (tertiary/aromatic N) is 2. The average molecular weight is 342 g/mol. The first kappa shape index (κ1) is 15.5. The molecular weight excluding hydrogens is 328 g/mol. The highest BCUT2D eigenvalue weighted by atomic mass is 32.2. The van der Waals surface area contributed by atoms with Crippen LogP contribution in [0, 0.1) is 0 Å². The highest BCUT2D eigenvalue weighted by Crippen LogP contribution is 2.21. The van der Waals surface area contributed by atoms with Crippen LogP contribution in [0.15, 0.2) is 17.2 Å². The fraction of sp³-hybridized carbons (Fsp3) is 0.417. The van der Waals surface area contributed by atoms with Crippen LogP contribution in [0.1, 0.15) is 10.4 Å². The number of carbonyl (C=O) groups is 1. The van der Waals surface area contributed by atoms with Gasteiger partial charge in [-0.3, -0.25) is 9.47 Å². The number of esters is 1. The van der Waals surface area contributed by atoms with E-state index in [4.69, 9.17) is 0 Å². The number of sulfone groups is 1. The van der Waals surface area contributed by atoms with Crippen molar-refractivity contribution >= 4 is 15.8 Å². The number of aromatic amines is 1. The zero-order valence-corrected chi connectivity index (χ0v) is 12.8. The third kappa shape index (κ3) is 2.80. The van der Waals surface area contributed by atoms with Crippen LogP contribution in [0.3, 0.4) is 0 Å². The molecule has 0 saturated carbocycles. The predicted molar refractivity (Wildman–Crippen MR) is 78.6 cm³/mol. The van der Waals surface area contributed by atoms with Gasteiger partial charge in [0.1, 0.15) is 11.3 Å². The number of hydrogen-bond donors (Lipinski definition) is 3. The number of pyridine rings is 1. The molecule has 10 nitrogen and oxygen atoms in total. The van der Waals surface area contributed by atoms with Crippen molar-refractivity contribution < 1.29 is 23.1 Å². The Labute approximate surface area is 130 Å². The second-order valence-electron chi connectivity index (χ2n) is 5.27. The Morgan fingerprint density at radius 2 is 2.22 bits per heavy atom. The van der Waals surface area contributed by atoms with Crippen molar-refractivity contribution in [3.8, 4) is 11.3 Å². The molecule has 3 heterocycles. The number of nitrogens with one attached hydrogen (secondary N) is 2. The van der Waals surface area contributed by atoms with Crippen LogP contribution >= 0.6 is 0 Å². The van der Waals surface area contributed by atoms with Crippen molar-refractivity contribution in [2.24, 2.45) is 0 Å². The van der Waals surface area contributed by atoms with Gasteiger partial charge >= 0.3 is 5.97 Å². The highest BCUT2D eigenvalue weighted by molar-refractivity contribution is 7.91. The number of H-pyrrole nitrogens is 1. The van der Waals surface area contributed by atoms with Gasteiger partial charge in [0.05, 0.1) is 36.3 Å². The highest BCUT2D eigenvalue weighted by Gasteiger charge is 2.37. The summed E-state index contributed by atoms with van der Waals surface area (Å²) in [5.74, 6) is -1.28. The average Bonchev–Trinajstić information content (AvgIpc) is 2.97. The lowest BCUT2D eigenvalue weighted by Gasteiger charge is -2.20. The van der Waals surface area contributed by atoms with E-state index in [0.717, 1.165) is 0 Å². The summed E-state index contributed by atoms with van der Waals surface area (Å²) in [6.45, 7) is 0. The smallest absolute Gasteiger partial charge is 0.341 e. The van der Waals surface area contributed by atoms with Crippen LogP contribution in [0.25, 0.3) is 11.3 Å². The summed E-state index contributed by atoms with van der Waals surface area (Å²) in [7, 11) is -2.14. The summed E-state index contributed by atoms with van der Waals surface area (Å²) in [6.07, 6.45) is 1.61. The molecule has 0 radical (unpaired) electrons. The van der Waals surface area contributed by atoms with E-state index in [1.807, 2.05) is 0 Å². The van der Waals surface area contributed by atoms with Crippen molar-refractivity contribution in [1.82, 2.24) is 14.9 Å². The van der Waals surface area contributed by atoms with Crippen molar-refractivity contribution in [2.75, 3.05) is 24.0 Å². The molecule has 1 saturated heterocycles. The molecule has 3 aliphatic heterocycles. The summed E-state index contributed by atoms with van der Waals surface area (Å²) in [5, 5.41) is 15.8. The van der Waals surface area contributed by atoms with Crippen LogP contribution in [0.5, 0.6) is 0 Å². The zero-order chi connectivity index (χ0) is 16.8. The van der Waals surface area contributed by atoms with Crippen LogP contribution in [0.2, 0.25) is 0 Å². The molecule has 0 aromatic rings. The molecule has 0 bridgehead atoms. The maximum Gasteiger partial charge on any atom is 0.341 e. The van der Waals surface area contributed by atoms with E-state index in [2.05, 4.69) is 20.4 Å². The normalized spacial score (nSPS) is 23.0. The number of rotatable bonds is 3. The van der Waals surface area contributed by atoms with E-state index in [-0.39, 0.29) is 28.3 Å². The van der Waals surface area contributed by atoms with E-state index in [1.165, 1.54) is 24.2 Å². The number of hydrogen-bond acceptors (Lipinski definition) is 8. The minimum atomic E-state index is -3.33. The standard InChI is InChI=1S/C12H14N4O6S/c1-22-12(19)7-3-16(2-6-10(7)13-14-11(6)18)15-8-4-23(20,21)5-9(8)17/h2-3,8-9,15,17H,4-5H2,1H3,(H,14,18)/t8-,9-/m0/s1. The van der Waals surface area contributed by atoms with Gasteiger partial charge in [0.15, 0.2) is 9.84 Å². The first-order chi connectivity index (χ1) is 10.8. The van der Waals surface area contributed by atoms with Crippen molar-refractivity contribution in [1.29, 1.82) is 0 Å². The van der Waals surface area contributed by atoms with Crippen molar-refractivity contribution in [3.63, 3.8) is 0 Å². The second-order valence-corrected chi connectivity index (χ2v) is 7.42. The van der Waals surface area contributed by atoms with E-state index in [0.29, 0.717) is 0 Å². The summed E-state index contributed by atoms with van der Waals surface area (Å²) in [6, 6.07) is -0.755. The minimum Gasteiger partial charge on any atom is -0.465 e. The number of aliphatic hydroxyl groups is 1. The Balaban J connectivity index is 2.01. The number of ether oxygens (including phenoxy) is 1. The first-order valence-corrected chi connectivity index (χ1v) is 8.46. The SMILES string of the molecule is COC(=O)c1cn(N[C@H]2CS(=O)(=O)C[C@@H]2O)cc2c(=O)[nH]nc1-2. The molecule has 124 valence electrons. The molecule has 0 unspecified atom stereocenters. The van der Waals surface area contributed by atoms with Gasteiger partial charge in [-0.2, -0.15) is 5.10 Å². The molecular formula is C12H14N4O6S. The largest absolute Gasteiger partial charge is 0.465 e. The van der Waals surface area contributed by atoms with Crippen LogP contribution in [-0.2, 0) is 14.6 Å². The third-order valence-corrected chi connectivity index (χ3v) is 5.32. The van der Waals surface area contributed by atoms with Gasteiger partial charge in [0.2, 0.25) is 0 Å². The van der Waals surface area contributed by atoms with Crippen LogP contribution < -0.4 is 11.0 Å². The summed E-state index contributed by atoms with van der Waals surface area (Å²) < 4.78 is 29.0. The molecule has 3 rings (SSSR count). The number of aromatic nitrogens is 3. The Hall–Kier alpha value is -2.40. The lowest BCUT2D eigenvalue weighted by atomic mass is 10.1. The maximum absolute atomic E-state index is 11.8.